The summed E-state index contributed by atoms with van der Waals surface area (Å²) in [5, 5.41) is 2.90. The number of primary amides is 1. The van der Waals surface area contributed by atoms with Crippen molar-refractivity contribution in [2.24, 2.45) is 5.73 Å². The number of amides is 3. The summed E-state index contributed by atoms with van der Waals surface area (Å²) in [5.74, 6) is -0.470. The monoisotopic (exact) mass is 485 g/mol. The van der Waals surface area contributed by atoms with Gasteiger partial charge in [0, 0.05) is 6.54 Å². The van der Waals surface area contributed by atoms with E-state index in [-0.39, 0.29) is 35.3 Å². The summed E-state index contributed by atoms with van der Waals surface area (Å²) in [7, 11) is 1.58. The molecular weight excluding hydrogens is 458 g/mol. The van der Waals surface area contributed by atoms with Crippen molar-refractivity contribution in [2.75, 3.05) is 12.8 Å². The van der Waals surface area contributed by atoms with Crippen molar-refractivity contribution in [3.8, 4) is 5.75 Å². The zero-order valence-electron chi connectivity index (χ0n) is 18.9. The zero-order valence-corrected chi connectivity index (χ0v) is 19.8. The number of furan rings is 1. The highest BCUT2D eigenvalue weighted by molar-refractivity contribution is 7.09. The molecule has 0 aliphatic rings. The van der Waals surface area contributed by atoms with Gasteiger partial charge in [-0.3, -0.25) is 14.4 Å². The summed E-state index contributed by atoms with van der Waals surface area (Å²) in [4.78, 5) is 39.8. The molecule has 0 saturated heterocycles. The third-order valence-electron chi connectivity index (χ3n) is 5.19. The Bertz CT molecular complexity index is 1130. The molecule has 0 aliphatic carbocycles. The van der Waals surface area contributed by atoms with Crippen molar-refractivity contribution in [2.45, 2.75) is 38.9 Å². The Morgan fingerprint density at radius 1 is 1.24 bits per heavy atom. The highest BCUT2D eigenvalue weighted by Gasteiger charge is 2.33. The van der Waals surface area contributed by atoms with Crippen molar-refractivity contribution >= 4 is 34.9 Å². The van der Waals surface area contributed by atoms with Crippen LogP contribution in [0.1, 0.15) is 51.2 Å². The fourth-order valence-corrected chi connectivity index (χ4v) is 4.17. The van der Waals surface area contributed by atoms with E-state index in [4.69, 9.17) is 20.6 Å². The minimum Gasteiger partial charge on any atom is -0.497 e. The van der Waals surface area contributed by atoms with Gasteiger partial charge in [0.25, 0.3) is 11.8 Å². The van der Waals surface area contributed by atoms with Gasteiger partial charge in [-0.05, 0) is 47.8 Å². The highest BCUT2D eigenvalue weighted by atomic mass is 32.1. The number of nitrogens with two attached hydrogens (primary N) is 2. The number of nitrogens with zero attached hydrogens (tertiary/aromatic N) is 2. The van der Waals surface area contributed by atoms with E-state index in [1.54, 1.807) is 31.4 Å². The average molecular weight is 486 g/mol. The van der Waals surface area contributed by atoms with Crippen LogP contribution < -0.4 is 21.5 Å². The molecular formula is C23H27N5O5S. The second-order valence-corrected chi connectivity index (χ2v) is 8.29. The molecule has 0 fully saturated rings. The van der Waals surface area contributed by atoms with E-state index < -0.39 is 17.9 Å². The number of rotatable bonds is 11. The van der Waals surface area contributed by atoms with E-state index >= 15 is 0 Å². The van der Waals surface area contributed by atoms with Gasteiger partial charge in [-0.25, -0.2) is 0 Å². The van der Waals surface area contributed by atoms with Gasteiger partial charge in [-0.15, -0.1) is 0 Å². The molecule has 0 bridgehead atoms. The molecule has 3 aromatic rings. The quantitative estimate of drug-likeness (QED) is 0.377. The Morgan fingerprint density at radius 2 is 1.97 bits per heavy atom. The van der Waals surface area contributed by atoms with Crippen LogP contribution in [-0.4, -0.2) is 40.1 Å². The lowest BCUT2D eigenvalue weighted by molar-refractivity contribution is -0.126. The van der Waals surface area contributed by atoms with Crippen LogP contribution in [0.3, 0.4) is 0 Å². The first-order chi connectivity index (χ1) is 16.3. The lowest BCUT2D eigenvalue weighted by atomic mass is 10.1. The fraction of sp³-hybridized carbons (Fsp3) is 0.304. The van der Waals surface area contributed by atoms with Crippen LogP contribution in [0.2, 0.25) is 0 Å². The normalized spacial score (nSPS) is 11.6. The smallest absolute Gasteiger partial charge is 0.270 e. The molecule has 180 valence electrons. The predicted octanol–water partition coefficient (Wildman–Crippen LogP) is 2.55. The van der Waals surface area contributed by atoms with Crippen LogP contribution in [0.5, 0.6) is 5.75 Å². The van der Waals surface area contributed by atoms with Crippen LogP contribution in [0.25, 0.3) is 0 Å². The topological polar surface area (TPSA) is 154 Å². The number of carbonyl (C=O) groups is 3. The number of anilines is 1. The molecule has 2 heterocycles. The maximum Gasteiger partial charge on any atom is 0.270 e. The van der Waals surface area contributed by atoms with Crippen molar-refractivity contribution in [1.29, 1.82) is 0 Å². The molecule has 34 heavy (non-hydrogen) atoms. The number of hydrogen-bond donors (Lipinski definition) is 3. The lowest BCUT2D eigenvalue weighted by Crippen LogP contribution is -2.49. The third-order valence-corrected chi connectivity index (χ3v) is 6.04. The van der Waals surface area contributed by atoms with Crippen LogP contribution >= 0.6 is 11.5 Å². The second-order valence-electron chi connectivity index (χ2n) is 7.52. The summed E-state index contributed by atoms with van der Waals surface area (Å²) in [6.07, 6.45) is 2.54. The van der Waals surface area contributed by atoms with Crippen LogP contribution in [-0.2, 0) is 17.9 Å². The van der Waals surface area contributed by atoms with Crippen LogP contribution in [0, 0.1) is 0 Å². The van der Waals surface area contributed by atoms with Crippen LogP contribution in [0.15, 0.2) is 47.1 Å². The molecule has 0 spiro atoms. The lowest BCUT2D eigenvalue weighted by Gasteiger charge is -2.30. The second kappa shape index (κ2) is 11.3. The maximum absolute atomic E-state index is 13.5. The van der Waals surface area contributed by atoms with Gasteiger partial charge < -0.3 is 30.8 Å². The standard InChI is InChI=1S/C23H27N5O5S/c1-3-5-17(22(30)26-12-14-7-9-15(32-2)10-8-14)28(13-16-6-4-11-33-16)23(31)20-18(24)19(21(25)29)27-34-20/h4,6-11,17H,3,5,12-13,24H2,1-2H3,(H2,25,29)(H,26,30)/t17-/m1/s1. The molecule has 3 rings (SSSR count). The first-order valence-electron chi connectivity index (χ1n) is 10.6. The number of aromatic nitrogens is 1. The van der Waals surface area contributed by atoms with Gasteiger partial charge in [0.15, 0.2) is 5.69 Å². The molecule has 1 atom stereocenters. The number of methoxy groups -OCH3 is 1. The number of carbonyl (C=O) groups excluding carboxylic acids is 3. The van der Waals surface area contributed by atoms with Gasteiger partial charge in [0.1, 0.15) is 22.4 Å². The Morgan fingerprint density at radius 3 is 2.53 bits per heavy atom. The van der Waals surface area contributed by atoms with E-state index in [1.807, 2.05) is 19.1 Å². The summed E-state index contributed by atoms with van der Waals surface area (Å²) in [6.45, 7) is 2.24. The van der Waals surface area contributed by atoms with Gasteiger partial charge in [0.2, 0.25) is 5.91 Å². The van der Waals surface area contributed by atoms with E-state index in [0.29, 0.717) is 24.4 Å². The van der Waals surface area contributed by atoms with E-state index in [0.717, 1.165) is 17.1 Å². The van der Waals surface area contributed by atoms with E-state index in [1.165, 1.54) is 11.2 Å². The molecule has 3 amide bonds. The Balaban J connectivity index is 1.86. The maximum atomic E-state index is 13.5. The molecule has 0 aliphatic heterocycles. The van der Waals surface area contributed by atoms with Crippen molar-refractivity contribution in [3.63, 3.8) is 0 Å². The van der Waals surface area contributed by atoms with Crippen molar-refractivity contribution in [1.82, 2.24) is 14.6 Å². The molecule has 10 nitrogen and oxygen atoms in total. The molecule has 0 radical (unpaired) electrons. The van der Waals surface area contributed by atoms with Crippen molar-refractivity contribution in [3.05, 3.63) is 64.6 Å². The van der Waals surface area contributed by atoms with Gasteiger partial charge in [-0.1, -0.05) is 25.5 Å². The summed E-state index contributed by atoms with van der Waals surface area (Å²) < 4.78 is 14.5. The number of nitrogens with one attached hydrogen (secondary N) is 1. The Labute approximate surface area is 201 Å². The summed E-state index contributed by atoms with van der Waals surface area (Å²) >= 11 is 0.773. The van der Waals surface area contributed by atoms with E-state index in [9.17, 15) is 14.4 Å². The van der Waals surface area contributed by atoms with Crippen LogP contribution in [0.4, 0.5) is 5.69 Å². The predicted molar refractivity (Wildman–Crippen MR) is 127 cm³/mol. The SMILES string of the molecule is CCC[C@H](C(=O)NCc1ccc(OC)cc1)N(Cc1ccco1)C(=O)c1snc(C(N)=O)c1N. The number of ether oxygens (including phenoxy) is 1. The fourth-order valence-electron chi connectivity index (χ4n) is 3.41. The highest BCUT2D eigenvalue weighted by Crippen LogP contribution is 2.26. The summed E-state index contributed by atoms with van der Waals surface area (Å²) in [5.41, 5.74) is 11.9. The number of nitrogen functional groups attached to an aromatic ring is 1. The molecule has 2 aromatic heterocycles. The molecule has 0 saturated carbocycles. The first kappa shape index (κ1) is 24.8. The molecule has 5 N–H and O–H groups in total. The average Bonchev–Trinajstić information content (AvgIpc) is 3.49. The summed E-state index contributed by atoms with van der Waals surface area (Å²) in [6, 6.07) is 9.92. The number of benzene rings is 1. The Kier molecular flexibility index (Phi) is 8.25. The minimum absolute atomic E-state index is 0.0374. The van der Waals surface area contributed by atoms with Crippen molar-refractivity contribution < 1.29 is 23.5 Å². The number of hydrogen-bond acceptors (Lipinski definition) is 8. The Hall–Kier alpha value is -3.86. The van der Waals surface area contributed by atoms with Gasteiger partial charge in [-0.2, -0.15) is 4.37 Å². The molecule has 0 unspecified atom stereocenters. The van der Waals surface area contributed by atoms with E-state index in [2.05, 4.69) is 9.69 Å². The zero-order chi connectivity index (χ0) is 24.7. The first-order valence-corrected chi connectivity index (χ1v) is 11.4. The molecule has 11 heteroatoms. The third kappa shape index (κ3) is 5.73. The van der Waals surface area contributed by atoms with Gasteiger partial charge in [0.05, 0.1) is 25.6 Å². The largest absolute Gasteiger partial charge is 0.497 e. The van der Waals surface area contributed by atoms with Gasteiger partial charge >= 0.3 is 0 Å². The minimum atomic E-state index is -0.826. The molecule has 1 aromatic carbocycles.